The standard InChI is InChI=1S/C20H15BrO4.C19H15NO4.C18H14N2O4.C17H13N3O4/c21-15-5-9-17-14(11-15)4-10-19(22)18(17)8-3-13-1-6-16(7-2-13)25-12-20(23)24;20-17-8-5-11-3-6-14(21)10-16(11)15(17)7-4-12-1-2-13(19(23)24)9-18(12)22;21-16-10-5-12-3-1-2-4-15(12)18(16)20-19-13-6-8-14(9-7-13)24-11-17(22)23;18-13-5-2-9-1-4-11(21)8-12(9)16(13)20-19-14-6-3-10(17(23)24)7-15(14)22/h1-11,22H,12H2,(H,23,24);1-10,21-22H,20H2,(H,23,24);1-10,21H,11H2,(H,22,23);1-8,21-22H,18H2,(H,23,24)/b8-3+;7-4+;;. The van der Waals surface area contributed by atoms with Crippen LogP contribution in [0.4, 0.5) is 34.1 Å². The molecule has 0 fully saturated rings. The van der Waals surface area contributed by atoms with Crippen molar-refractivity contribution < 1.29 is 79.7 Å². The van der Waals surface area contributed by atoms with Crippen molar-refractivity contribution in [3.63, 3.8) is 0 Å². The minimum absolute atomic E-state index is 0.0132. The Morgan fingerprint density at radius 1 is 0.402 bits per heavy atom. The Morgan fingerprint density at radius 2 is 0.938 bits per heavy atom. The smallest absolute Gasteiger partial charge is 0.341 e. The van der Waals surface area contributed by atoms with E-state index in [0.717, 1.165) is 59.4 Å². The van der Waals surface area contributed by atoms with Gasteiger partial charge in [0.05, 0.1) is 22.5 Å². The monoisotopic (exact) mass is 1360 g/mol. The lowest BCUT2D eigenvalue weighted by Gasteiger charge is -2.07. The molecule has 12 rings (SSSR count). The van der Waals surface area contributed by atoms with E-state index < -0.39 is 30.5 Å². The van der Waals surface area contributed by atoms with Crippen molar-refractivity contribution in [2.45, 2.75) is 0 Å². The second-order valence-corrected chi connectivity index (χ2v) is 21.9. The summed E-state index contributed by atoms with van der Waals surface area (Å²) in [7, 11) is 0. The van der Waals surface area contributed by atoms with Crippen molar-refractivity contribution in [3.8, 4) is 46.0 Å². The Labute approximate surface area is 559 Å². The predicted molar refractivity (Wildman–Crippen MR) is 374 cm³/mol. The fraction of sp³-hybridized carbons (Fsp3) is 0.0270. The average Bonchev–Trinajstić information content (AvgIpc) is 0.828. The average molecular weight is 1370 g/mol. The number of carbonyl (C=O) groups is 4. The number of nitrogens with two attached hydrogens (primary N) is 2. The molecule has 12 aromatic carbocycles. The molecule has 0 amide bonds. The van der Waals surface area contributed by atoms with Crippen LogP contribution >= 0.6 is 15.9 Å². The third-order valence-electron chi connectivity index (χ3n) is 14.3. The van der Waals surface area contributed by atoms with Crippen LogP contribution in [0.3, 0.4) is 0 Å². The van der Waals surface area contributed by atoms with Crippen LogP contribution < -0.4 is 20.9 Å². The third-order valence-corrected chi connectivity index (χ3v) is 14.8. The van der Waals surface area contributed by atoms with Crippen LogP contribution in [0.15, 0.2) is 237 Å². The molecule has 14 N–H and O–H groups in total. The normalized spacial score (nSPS) is 11.1. The van der Waals surface area contributed by atoms with Crippen molar-refractivity contribution in [2.75, 3.05) is 24.7 Å². The summed E-state index contributed by atoms with van der Waals surface area (Å²) in [6, 6.07) is 58.8. The minimum atomic E-state index is -1.15. The number of halogens is 1. The first-order chi connectivity index (χ1) is 46.6. The summed E-state index contributed by atoms with van der Waals surface area (Å²) in [5.74, 6) is -3.33. The van der Waals surface area contributed by atoms with Gasteiger partial charge in [-0.2, -0.15) is 5.11 Å². The molecular weight excluding hydrogens is 1310 g/mol. The number of nitrogens with zero attached hydrogens (tertiary/aromatic N) is 4. The summed E-state index contributed by atoms with van der Waals surface area (Å²) in [5, 5.41) is 118. The lowest BCUT2D eigenvalue weighted by molar-refractivity contribution is -0.140. The third kappa shape index (κ3) is 18.1. The van der Waals surface area contributed by atoms with Gasteiger partial charge in [0, 0.05) is 37.6 Å². The Morgan fingerprint density at radius 3 is 1.58 bits per heavy atom. The number of hydrogen-bond acceptors (Lipinski definition) is 18. The van der Waals surface area contributed by atoms with Gasteiger partial charge < -0.3 is 72.0 Å². The van der Waals surface area contributed by atoms with Crippen molar-refractivity contribution in [2.24, 2.45) is 20.5 Å². The number of carboxylic acids is 4. The number of anilines is 2. The number of aromatic carboxylic acids is 2. The Hall–Kier alpha value is -13.3. The van der Waals surface area contributed by atoms with Crippen molar-refractivity contribution in [3.05, 3.63) is 250 Å². The van der Waals surface area contributed by atoms with Crippen LogP contribution in [0.2, 0.25) is 0 Å². The van der Waals surface area contributed by atoms with Crippen molar-refractivity contribution >= 4 is 141 Å². The molecular formula is C74H57BrN6O16. The molecule has 97 heavy (non-hydrogen) atoms. The van der Waals surface area contributed by atoms with Crippen LogP contribution in [0.5, 0.6) is 46.0 Å². The van der Waals surface area contributed by atoms with Crippen LogP contribution in [-0.2, 0) is 9.59 Å². The first-order valence-corrected chi connectivity index (χ1v) is 29.7. The van der Waals surface area contributed by atoms with Crippen LogP contribution in [0, 0.1) is 0 Å². The van der Waals surface area contributed by atoms with Gasteiger partial charge in [-0.05, 0) is 165 Å². The highest BCUT2D eigenvalue weighted by Gasteiger charge is 2.13. The van der Waals surface area contributed by atoms with E-state index in [4.69, 9.17) is 41.4 Å². The highest BCUT2D eigenvalue weighted by molar-refractivity contribution is 9.10. The van der Waals surface area contributed by atoms with Crippen LogP contribution in [0.25, 0.3) is 67.4 Å². The van der Waals surface area contributed by atoms with Crippen LogP contribution in [0.1, 0.15) is 43.0 Å². The highest BCUT2D eigenvalue weighted by Crippen LogP contribution is 2.39. The molecule has 23 heteroatoms. The molecule has 0 heterocycles. The number of carboxylic acid groups (broad SMARTS) is 4. The van der Waals surface area contributed by atoms with E-state index in [9.17, 15) is 49.8 Å². The summed E-state index contributed by atoms with van der Waals surface area (Å²) in [5.41, 5.74) is 17.1. The lowest BCUT2D eigenvalue weighted by atomic mass is 10.0. The number of aliphatic carboxylic acids is 2. The summed E-state index contributed by atoms with van der Waals surface area (Å²) in [4.78, 5) is 42.7. The summed E-state index contributed by atoms with van der Waals surface area (Å²) >= 11 is 3.45. The second kappa shape index (κ2) is 31.4. The SMILES string of the molecule is Nc1ccc2ccc(O)cc2c1/C=C/c1ccc(C(=O)O)cc1O.Nc1ccc2ccc(O)cc2c1N=Nc1ccc(C(=O)O)cc1O.O=C(O)COc1ccc(/C=C/c2c(O)ccc3cc(Br)ccc23)cc1.O=C(O)COc1ccc(N=Nc2c(O)ccc3ccccc23)cc1. The fourth-order valence-corrected chi connectivity index (χ4v) is 9.87. The number of phenols is 6. The number of phenolic OH excluding ortho intramolecular Hbond substituents is 6. The van der Waals surface area contributed by atoms with Crippen molar-refractivity contribution in [1.82, 2.24) is 0 Å². The highest BCUT2D eigenvalue weighted by atomic mass is 79.9. The first-order valence-electron chi connectivity index (χ1n) is 28.9. The number of hydrogen-bond donors (Lipinski definition) is 12. The largest absolute Gasteiger partial charge is 0.508 e. The fourth-order valence-electron chi connectivity index (χ4n) is 9.49. The molecule has 0 atom stereocenters. The minimum Gasteiger partial charge on any atom is -0.508 e. The Kier molecular flexibility index (Phi) is 22.0. The molecule has 0 aliphatic rings. The topological polar surface area (TPSA) is 391 Å². The maximum Gasteiger partial charge on any atom is 0.341 e. The van der Waals surface area contributed by atoms with Gasteiger partial charge in [0.2, 0.25) is 0 Å². The second-order valence-electron chi connectivity index (χ2n) is 21.0. The van der Waals surface area contributed by atoms with Crippen molar-refractivity contribution in [1.29, 1.82) is 0 Å². The van der Waals surface area contributed by atoms with Gasteiger partial charge >= 0.3 is 23.9 Å². The number of azo groups is 2. The van der Waals surface area contributed by atoms with Gasteiger partial charge in [0.25, 0.3) is 0 Å². The molecule has 12 aromatic rings. The Bertz CT molecular complexity index is 4910. The van der Waals surface area contributed by atoms with Crippen LogP contribution in [-0.4, -0.2) is 88.2 Å². The molecule has 0 radical (unpaired) electrons. The molecule has 0 aromatic heterocycles. The zero-order chi connectivity index (χ0) is 69.3. The Balaban J connectivity index is 0.000000152. The van der Waals surface area contributed by atoms with Gasteiger partial charge in [-0.15, -0.1) is 15.3 Å². The van der Waals surface area contributed by atoms with Gasteiger partial charge in [-0.25, -0.2) is 19.2 Å². The van der Waals surface area contributed by atoms with E-state index in [1.807, 2.05) is 84.9 Å². The maximum absolute atomic E-state index is 10.9. The molecule has 22 nitrogen and oxygen atoms in total. The molecule has 0 spiro atoms. The summed E-state index contributed by atoms with van der Waals surface area (Å²) in [6.07, 6.45) is 7.12. The number of rotatable bonds is 16. The van der Waals surface area contributed by atoms with Gasteiger partial charge in [0.15, 0.2) is 13.2 Å². The summed E-state index contributed by atoms with van der Waals surface area (Å²) < 4.78 is 11.1. The maximum atomic E-state index is 10.9. The number of fused-ring (bicyclic) bond motifs is 4. The molecule has 0 aliphatic carbocycles. The molecule has 0 unspecified atom stereocenters. The van der Waals surface area contributed by atoms with E-state index in [1.54, 1.807) is 109 Å². The number of aromatic hydroxyl groups is 6. The first kappa shape index (κ1) is 68.1. The lowest BCUT2D eigenvalue weighted by Crippen LogP contribution is -2.09. The number of benzene rings is 12. The zero-order valence-corrected chi connectivity index (χ0v) is 52.3. The van der Waals surface area contributed by atoms with E-state index in [0.29, 0.717) is 56.4 Å². The molecule has 0 saturated heterocycles. The number of nitrogen functional groups attached to an aromatic ring is 2. The van der Waals surface area contributed by atoms with E-state index >= 15 is 0 Å². The quantitative estimate of drug-likeness (QED) is 0.0243. The van der Waals surface area contributed by atoms with E-state index in [-0.39, 0.29) is 57.9 Å². The van der Waals surface area contributed by atoms with E-state index in [2.05, 4.69) is 36.4 Å². The van der Waals surface area contributed by atoms with Gasteiger partial charge in [0.1, 0.15) is 63.1 Å². The predicted octanol–water partition coefficient (Wildman–Crippen LogP) is 17.0. The zero-order valence-electron chi connectivity index (χ0n) is 50.7. The molecule has 0 saturated carbocycles. The molecule has 0 aliphatic heterocycles. The van der Waals surface area contributed by atoms with Gasteiger partial charge in [-0.1, -0.05) is 125 Å². The molecule has 486 valence electrons. The summed E-state index contributed by atoms with van der Waals surface area (Å²) in [6.45, 7) is -0.765. The number of ether oxygens (including phenoxy) is 2. The van der Waals surface area contributed by atoms with E-state index in [1.165, 1.54) is 36.4 Å². The van der Waals surface area contributed by atoms with Gasteiger partial charge in [-0.3, -0.25) is 0 Å². The molecule has 0 bridgehead atoms.